The lowest BCUT2D eigenvalue weighted by molar-refractivity contribution is -0.115. The Morgan fingerprint density at radius 3 is 2.14 bits per heavy atom. The first-order valence-electron chi connectivity index (χ1n) is 9.25. The number of nitrogens with one attached hydrogen (secondary N) is 2. The smallest absolute Gasteiger partial charge is 0.240 e. The van der Waals surface area contributed by atoms with Crippen molar-refractivity contribution in [3.63, 3.8) is 0 Å². The van der Waals surface area contributed by atoms with Gasteiger partial charge >= 0.3 is 0 Å². The summed E-state index contributed by atoms with van der Waals surface area (Å²) in [5, 5.41) is 2.68. The summed E-state index contributed by atoms with van der Waals surface area (Å²) < 4.78 is 32.8. The fourth-order valence-corrected chi connectivity index (χ4v) is 3.46. The molecule has 6 nitrogen and oxygen atoms in total. The highest BCUT2D eigenvalue weighted by Gasteiger charge is 2.14. The van der Waals surface area contributed by atoms with Gasteiger partial charge in [0.1, 0.15) is 12.4 Å². The Morgan fingerprint density at radius 1 is 1.00 bits per heavy atom. The number of hydrogen-bond donors (Lipinski definition) is 2. The van der Waals surface area contributed by atoms with E-state index in [1.54, 1.807) is 19.1 Å². The van der Waals surface area contributed by atoms with Crippen molar-refractivity contribution in [1.29, 1.82) is 0 Å². The highest BCUT2D eigenvalue weighted by molar-refractivity contribution is 7.89. The maximum atomic E-state index is 12.3. The Morgan fingerprint density at radius 2 is 1.61 bits per heavy atom. The summed E-state index contributed by atoms with van der Waals surface area (Å²) in [7, 11) is -3.63. The van der Waals surface area contributed by atoms with Crippen molar-refractivity contribution in [2.75, 3.05) is 18.5 Å². The van der Waals surface area contributed by atoms with Gasteiger partial charge in [-0.25, -0.2) is 13.1 Å². The molecule has 28 heavy (non-hydrogen) atoms. The monoisotopic (exact) mass is 404 g/mol. The standard InChI is InChI=1S/C21H28N2O4S/c1-5-20(24)23-17-8-12-19(13-9-17)28(25,26)22-14-15-27-18-10-6-16(7-11-18)21(2,3)4/h6-13,22H,5,14-15H2,1-4H3,(H,23,24). The molecule has 0 aliphatic rings. The van der Waals surface area contributed by atoms with Crippen LogP contribution >= 0.6 is 0 Å². The highest BCUT2D eigenvalue weighted by Crippen LogP contribution is 2.24. The van der Waals surface area contributed by atoms with Gasteiger partial charge in [0.15, 0.2) is 0 Å². The van der Waals surface area contributed by atoms with E-state index in [0.717, 1.165) is 0 Å². The van der Waals surface area contributed by atoms with Gasteiger partial charge < -0.3 is 10.1 Å². The van der Waals surface area contributed by atoms with E-state index in [-0.39, 0.29) is 29.4 Å². The van der Waals surface area contributed by atoms with E-state index in [1.165, 1.54) is 17.7 Å². The third kappa shape index (κ3) is 6.35. The number of hydrogen-bond acceptors (Lipinski definition) is 4. The van der Waals surface area contributed by atoms with Crippen LogP contribution in [0.4, 0.5) is 5.69 Å². The number of benzene rings is 2. The first-order chi connectivity index (χ1) is 13.1. The van der Waals surface area contributed by atoms with Crippen molar-refractivity contribution in [2.24, 2.45) is 0 Å². The lowest BCUT2D eigenvalue weighted by atomic mass is 9.87. The van der Waals surface area contributed by atoms with E-state index < -0.39 is 10.0 Å². The number of ether oxygens (including phenoxy) is 1. The molecule has 2 aromatic rings. The SMILES string of the molecule is CCC(=O)Nc1ccc(S(=O)(=O)NCCOc2ccc(C(C)(C)C)cc2)cc1. The van der Waals surface area contributed by atoms with E-state index in [2.05, 4.69) is 30.8 Å². The fourth-order valence-electron chi connectivity index (χ4n) is 2.45. The molecule has 0 aliphatic heterocycles. The molecule has 7 heteroatoms. The van der Waals surface area contributed by atoms with Crippen molar-refractivity contribution < 1.29 is 17.9 Å². The van der Waals surface area contributed by atoms with Crippen LogP contribution in [-0.4, -0.2) is 27.5 Å². The molecule has 0 heterocycles. The van der Waals surface area contributed by atoms with E-state index >= 15 is 0 Å². The number of sulfonamides is 1. The molecule has 2 N–H and O–H groups in total. The van der Waals surface area contributed by atoms with Crippen LogP contribution in [0.15, 0.2) is 53.4 Å². The van der Waals surface area contributed by atoms with Gasteiger partial charge in [-0.2, -0.15) is 0 Å². The van der Waals surface area contributed by atoms with Crippen LogP contribution in [0.1, 0.15) is 39.7 Å². The molecule has 1 amide bonds. The van der Waals surface area contributed by atoms with Crippen LogP contribution in [0.5, 0.6) is 5.75 Å². The number of amides is 1. The Hall–Kier alpha value is -2.38. The summed E-state index contributed by atoms with van der Waals surface area (Å²) >= 11 is 0. The second-order valence-electron chi connectivity index (χ2n) is 7.45. The molecular formula is C21H28N2O4S. The molecule has 152 valence electrons. The van der Waals surface area contributed by atoms with E-state index in [1.807, 2.05) is 24.3 Å². The lowest BCUT2D eigenvalue weighted by Gasteiger charge is -2.19. The maximum Gasteiger partial charge on any atom is 0.240 e. The third-order valence-corrected chi connectivity index (χ3v) is 5.63. The first-order valence-corrected chi connectivity index (χ1v) is 10.7. The van der Waals surface area contributed by atoms with Crippen LogP contribution in [0, 0.1) is 0 Å². The molecule has 0 radical (unpaired) electrons. The summed E-state index contributed by atoms with van der Waals surface area (Å²) in [6.07, 6.45) is 0.362. The van der Waals surface area contributed by atoms with Crippen molar-refractivity contribution in [3.05, 3.63) is 54.1 Å². The van der Waals surface area contributed by atoms with Gasteiger partial charge in [0, 0.05) is 18.7 Å². The third-order valence-electron chi connectivity index (χ3n) is 4.15. The Kier molecular flexibility index (Phi) is 7.21. The minimum Gasteiger partial charge on any atom is -0.492 e. The van der Waals surface area contributed by atoms with Crippen molar-refractivity contribution in [1.82, 2.24) is 4.72 Å². The van der Waals surface area contributed by atoms with Gasteiger partial charge in [-0.3, -0.25) is 4.79 Å². The zero-order valence-corrected chi connectivity index (χ0v) is 17.6. The molecule has 0 atom stereocenters. The van der Waals surface area contributed by atoms with Gasteiger partial charge in [0.25, 0.3) is 0 Å². The lowest BCUT2D eigenvalue weighted by Crippen LogP contribution is -2.28. The van der Waals surface area contributed by atoms with Crippen molar-refractivity contribution >= 4 is 21.6 Å². The van der Waals surface area contributed by atoms with E-state index in [9.17, 15) is 13.2 Å². The average Bonchev–Trinajstić information content (AvgIpc) is 2.65. The average molecular weight is 405 g/mol. The van der Waals surface area contributed by atoms with Gasteiger partial charge in [-0.15, -0.1) is 0 Å². The number of anilines is 1. The number of rotatable bonds is 8. The fraction of sp³-hybridized carbons (Fsp3) is 0.381. The predicted molar refractivity (Wildman–Crippen MR) is 111 cm³/mol. The molecular weight excluding hydrogens is 376 g/mol. The van der Waals surface area contributed by atoms with Crippen LogP contribution in [0.2, 0.25) is 0 Å². The van der Waals surface area contributed by atoms with Gasteiger partial charge in [-0.1, -0.05) is 39.8 Å². The summed E-state index contributed by atoms with van der Waals surface area (Å²) in [5.41, 5.74) is 1.84. The first kappa shape index (κ1) is 21.9. The van der Waals surface area contributed by atoms with Gasteiger partial charge in [-0.05, 0) is 47.4 Å². The van der Waals surface area contributed by atoms with E-state index in [0.29, 0.717) is 17.9 Å². The zero-order valence-electron chi connectivity index (χ0n) is 16.8. The minimum atomic E-state index is -3.63. The van der Waals surface area contributed by atoms with Gasteiger partial charge in [0.2, 0.25) is 15.9 Å². The van der Waals surface area contributed by atoms with Crippen LogP contribution in [0.25, 0.3) is 0 Å². The minimum absolute atomic E-state index is 0.0725. The van der Waals surface area contributed by atoms with Crippen LogP contribution in [-0.2, 0) is 20.2 Å². The normalized spacial score (nSPS) is 11.9. The molecule has 0 unspecified atom stereocenters. The molecule has 0 fully saturated rings. The van der Waals surface area contributed by atoms with Crippen molar-refractivity contribution in [2.45, 2.75) is 44.4 Å². The largest absolute Gasteiger partial charge is 0.492 e. The Bertz CT molecular complexity index is 883. The molecule has 0 aromatic heterocycles. The highest BCUT2D eigenvalue weighted by atomic mass is 32.2. The maximum absolute atomic E-state index is 12.3. The Balaban J connectivity index is 1.85. The zero-order chi connectivity index (χ0) is 20.8. The van der Waals surface area contributed by atoms with E-state index in [4.69, 9.17) is 4.74 Å². The number of carbonyl (C=O) groups excluding carboxylic acids is 1. The topological polar surface area (TPSA) is 84.5 Å². The molecule has 0 saturated heterocycles. The Labute approximate surface area is 167 Å². The predicted octanol–water partition coefficient (Wildman–Crippen LogP) is 3.69. The second-order valence-corrected chi connectivity index (χ2v) is 9.21. The molecule has 0 bridgehead atoms. The van der Waals surface area contributed by atoms with Crippen molar-refractivity contribution in [3.8, 4) is 5.75 Å². The molecule has 0 aliphatic carbocycles. The molecule has 0 saturated carbocycles. The summed E-state index contributed by atoms with van der Waals surface area (Å²) in [6.45, 7) is 8.54. The second kappa shape index (κ2) is 9.21. The molecule has 2 aromatic carbocycles. The van der Waals surface area contributed by atoms with Crippen LogP contribution < -0.4 is 14.8 Å². The summed E-state index contributed by atoms with van der Waals surface area (Å²) in [4.78, 5) is 11.5. The van der Waals surface area contributed by atoms with Crippen LogP contribution in [0.3, 0.4) is 0 Å². The molecule has 0 spiro atoms. The quantitative estimate of drug-likeness (QED) is 0.657. The molecule has 2 rings (SSSR count). The summed E-state index contributed by atoms with van der Waals surface area (Å²) in [5.74, 6) is 0.574. The summed E-state index contributed by atoms with van der Waals surface area (Å²) in [6, 6.07) is 13.8. The number of carbonyl (C=O) groups is 1. The van der Waals surface area contributed by atoms with Gasteiger partial charge in [0.05, 0.1) is 4.90 Å².